The fourth-order valence-corrected chi connectivity index (χ4v) is 2.11. The summed E-state index contributed by atoms with van der Waals surface area (Å²) in [6, 6.07) is 11.3. The quantitative estimate of drug-likeness (QED) is 0.811. The van der Waals surface area contributed by atoms with E-state index in [4.69, 9.17) is 21.1 Å². The molecule has 2 aromatic carbocycles. The lowest BCUT2D eigenvalue weighted by Gasteiger charge is -2.09. The number of ether oxygens (including phenoxy) is 3. The third-order valence-electron chi connectivity index (χ3n) is 3.11. The van der Waals surface area contributed by atoms with Crippen LogP contribution in [0.25, 0.3) is 0 Å². The minimum absolute atomic E-state index is 0.188. The number of hydrogen-bond acceptors (Lipinski definition) is 5. The van der Waals surface area contributed by atoms with Crippen LogP contribution in [0.5, 0.6) is 11.5 Å². The molecule has 2 aromatic rings. The number of anilines is 1. The van der Waals surface area contributed by atoms with E-state index < -0.39 is 5.97 Å². The lowest BCUT2D eigenvalue weighted by atomic mass is 10.2. The highest BCUT2D eigenvalue weighted by atomic mass is 35.5. The highest BCUT2D eigenvalue weighted by Gasteiger charge is 2.09. The van der Waals surface area contributed by atoms with Gasteiger partial charge in [0.15, 0.2) is 6.61 Å². The van der Waals surface area contributed by atoms with E-state index in [1.165, 1.54) is 14.2 Å². The molecular formula is C17H16ClNO5. The molecule has 0 saturated heterocycles. The predicted molar refractivity (Wildman–Crippen MR) is 89.9 cm³/mol. The number of nitrogens with one attached hydrogen (secondary N) is 1. The number of benzene rings is 2. The Morgan fingerprint density at radius 3 is 2.38 bits per heavy atom. The molecule has 0 saturated carbocycles. The molecule has 1 amide bonds. The van der Waals surface area contributed by atoms with Gasteiger partial charge in [0.25, 0.3) is 5.91 Å². The summed E-state index contributed by atoms with van der Waals surface area (Å²) in [4.78, 5) is 23.2. The van der Waals surface area contributed by atoms with Crippen LogP contribution >= 0.6 is 11.6 Å². The zero-order valence-electron chi connectivity index (χ0n) is 13.2. The van der Waals surface area contributed by atoms with E-state index in [1.807, 2.05) is 0 Å². The van der Waals surface area contributed by atoms with Crippen LogP contribution in [0.4, 0.5) is 5.69 Å². The van der Waals surface area contributed by atoms with Crippen LogP contribution in [0.1, 0.15) is 10.4 Å². The maximum absolute atomic E-state index is 12.2. The fourth-order valence-electron chi connectivity index (χ4n) is 1.85. The van der Waals surface area contributed by atoms with E-state index in [2.05, 4.69) is 10.1 Å². The molecule has 126 valence electrons. The Balaban J connectivity index is 1.99. The van der Waals surface area contributed by atoms with Gasteiger partial charge in [0.2, 0.25) is 0 Å². The van der Waals surface area contributed by atoms with E-state index in [1.54, 1.807) is 42.5 Å². The first-order valence-corrected chi connectivity index (χ1v) is 7.36. The molecule has 0 bridgehead atoms. The average Bonchev–Trinajstić information content (AvgIpc) is 2.60. The van der Waals surface area contributed by atoms with Crippen molar-refractivity contribution in [1.82, 2.24) is 0 Å². The Kier molecular flexibility index (Phi) is 6.03. The van der Waals surface area contributed by atoms with Crippen molar-refractivity contribution in [2.24, 2.45) is 0 Å². The lowest BCUT2D eigenvalue weighted by molar-refractivity contribution is -0.142. The van der Waals surface area contributed by atoms with Crippen molar-refractivity contribution >= 4 is 29.2 Å². The normalized spacial score (nSPS) is 9.96. The molecule has 1 N–H and O–H groups in total. The Morgan fingerprint density at radius 1 is 1.08 bits per heavy atom. The average molecular weight is 350 g/mol. The lowest BCUT2D eigenvalue weighted by Crippen LogP contribution is -2.13. The van der Waals surface area contributed by atoms with Gasteiger partial charge >= 0.3 is 5.97 Å². The molecular weight excluding hydrogens is 334 g/mol. The topological polar surface area (TPSA) is 73.9 Å². The van der Waals surface area contributed by atoms with E-state index >= 15 is 0 Å². The van der Waals surface area contributed by atoms with E-state index in [0.717, 1.165) is 0 Å². The number of hydrogen-bond donors (Lipinski definition) is 1. The van der Waals surface area contributed by atoms with Gasteiger partial charge in [0.05, 0.1) is 19.2 Å². The van der Waals surface area contributed by atoms with Crippen molar-refractivity contribution < 1.29 is 23.8 Å². The van der Waals surface area contributed by atoms with Crippen molar-refractivity contribution in [3.8, 4) is 11.5 Å². The number of carbonyl (C=O) groups excluding carboxylic acids is 2. The van der Waals surface area contributed by atoms with E-state index in [-0.39, 0.29) is 12.5 Å². The van der Waals surface area contributed by atoms with Crippen molar-refractivity contribution in [3.05, 3.63) is 53.1 Å². The molecule has 0 radical (unpaired) electrons. The number of esters is 1. The molecule has 0 heterocycles. The first kappa shape index (κ1) is 17.6. The maximum Gasteiger partial charge on any atom is 0.343 e. The summed E-state index contributed by atoms with van der Waals surface area (Å²) >= 11 is 6.02. The van der Waals surface area contributed by atoms with Crippen molar-refractivity contribution in [2.45, 2.75) is 0 Å². The van der Waals surface area contributed by atoms with Crippen molar-refractivity contribution in [1.29, 1.82) is 0 Å². The molecule has 0 aromatic heterocycles. The van der Waals surface area contributed by atoms with Crippen molar-refractivity contribution in [2.75, 3.05) is 26.1 Å². The fraction of sp³-hybridized carbons (Fsp3) is 0.176. The zero-order chi connectivity index (χ0) is 17.5. The third kappa shape index (κ3) is 4.63. The summed E-state index contributed by atoms with van der Waals surface area (Å²) in [5.74, 6) is 0.218. The molecule has 0 spiro atoms. The Labute approximate surface area is 144 Å². The molecule has 0 aliphatic carbocycles. The monoisotopic (exact) mass is 349 g/mol. The van der Waals surface area contributed by atoms with Gasteiger partial charge in [-0.1, -0.05) is 11.6 Å². The summed E-state index contributed by atoms with van der Waals surface area (Å²) < 4.78 is 14.8. The van der Waals surface area contributed by atoms with Crippen LogP contribution in [0.3, 0.4) is 0 Å². The first-order chi connectivity index (χ1) is 11.5. The molecule has 0 unspecified atom stereocenters. The van der Waals surface area contributed by atoms with Crippen molar-refractivity contribution in [3.63, 3.8) is 0 Å². The molecule has 24 heavy (non-hydrogen) atoms. The predicted octanol–water partition coefficient (Wildman–Crippen LogP) is 3.15. The minimum Gasteiger partial charge on any atom is -0.495 e. The van der Waals surface area contributed by atoms with Gasteiger partial charge in [0, 0.05) is 11.3 Å². The summed E-state index contributed by atoms with van der Waals surface area (Å²) in [6.45, 7) is -0.188. The van der Waals surface area contributed by atoms with Gasteiger partial charge < -0.3 is 19.5 Å². The summed E-state index contributed by atoms with van der Waals surface area (Å²) in [6.07, 6.45) is 0. The molecule has 0 atom stereocenters. The largest absolute Gasteiger partial charge is 0.495 e. The minimum atomic E-state index is -0.479. The summed E-state index contributed by atoms with van der Waals surface area (Å²) in [5, 5.41) is 3.14. The number of methoxy groups -OCH3 is 2. The number of amides is 1. The standard InChI is InChI=1S/C17H16ClNO5/c1-22-15-8-5-12(9-14(15)18)19-17(21)11-3-6-13(7-4-11)24-10-16(20)23-2/h3-9H,10H2,1-2H3,(H,19,21). The highest BCUT2D eigenvalue weighted by Crippen LogP contribution is 2.27. The Morgan fingerprint density at radius 2 is 1.79 bits per heavy atom. The number of rotatable bonds is 6. The maximum atomic E-state index is 12.2. The van der Waals surface area contributed by atoms with Gasteiger partial charge in [-0.2, -0.15) is 0 Å². The van der Waals surface area contributed by atoms with Gasteiger partial charge in [-0.05, 0) is 42.5 Å². The molecule has 0 fully saturated rings. The summed E-state index contributed by atoms with van der Waals surface area (Å²) in [5.41, 5.74) is 0.990. The second-order valence-corrected chi connectivity index (χ2v) is 5.10. The molecule has 0 aliphatic heterocycles. The molecule has 7 heteroatoms. The van der Waals surface area contributed by atoms with Gasteiger partial charge in [-0.25, -0.2) is 4.79 Å². The smallest absolute Gasteiger partial charge is 0.343 e. The van der Waals surface area contributed by atoms with Gasteiger partial charge in [-0.3, -0.25) is 4.79 Å². The molecule has 0 aliphatic rings. The third-order valence-corrected chi connectivity index (χ3v) is 3.41. The van der Waals surface area contributed by atoms with Gasteiger partial charge in [0.1, 0.15) is 11.5 Å². The summed E-state index contributed by atoms with van der Waals surface area (Å²) in [7, 11) is 2.80. The second-order valence-electron chi connectivity index (χ2n) is 4.69. The van der Waals surface area contributed by atoms with Crippen LogP contribution in [-0.2, 0) is 9.53 Å². The van der Waals surface area contributed by atoms with Crippen LogP contribution in [0.2, 0.25) is 5.02 Å². The SMILES string of the molecule is COC(=O)COc1ccc(C(=O)Nc2ccc(OC)c(Cl)c2)cc1. The number of halogens is 1. The Bertz CT molecular complexity index is 730. The molecule has 2 rings (SSSR count). The van der Waals surface area contributed by atoms with Crippen LogP contribution in [0.15, 0.2) is 42.5 Å². The van der Waals surface area contributed by atoms with Crippen LogP contribution in [0, 0.1) is 0 Å². The Hall–Kier alpha value is -2.73. The number of carbonyl (C=O) groups is 2. The molecule has 6 nitrogen and oxygen atoms in total. The van der Waals surface area contributed by atoms with E-state index in [9.17, 15) is 9.59 Å². The van der Waals surface area contributed by atoms with Gasteiger partial charge in [-0.15, -0.1) is 0 Å². The zero-order valence-corrected chi connectivity index (χ0v) is 13.9. The second kappa shape index (κ2) is 8.21. The van der Waals surface area contributed by atoms with Crippen LogP contribution < -0.4 is 14.8 Å². The van der Waals surface area contributed by atoms with E-state index in [0.29, 0.717) is 27.8 Å². The first-order valence-electron chi connectivity index (χ1n) is 6.98. The highest BCUT2D eigenvalue weighted by molar-refractivity contribution is 6.32. The van der Waals surface area contributed by atoms with Crippen LogP contribution in [-0.4, -0.2) is 32.7 Å².